The van der Waals surface area contributed by atoms with Crippen LogP contribution in [0.1, 0.15) is 22.3 Å². The number of halogens is 1. The number of hydrogen-bond acceptors (Lipinski definition) is 4. The predicted molar refractivity (Wildman–Crippen MR) is 161 cm³/mol. The second-order valence-corrected chi connectivity index (χ2v) is 11.7. The number of ether oxygens (including phenoxy) is 1. The maximum Gasteiger partial charge on any atom is 0.266 e. The number of carbonyl (C=O) groups excluding carboxylic acids is 1. The molecule has 1 aliphatic heterocycles. The van der Waals surface area contributed by atoms with Crippen molar-refractivity contribution in [2.45, 2.75) is 26.8 Å². The van der Waals surface area contributed by atoms with Crippen molar-refractivity contribution in [3.05, 3.63) is 105 Å². The lowest BCUT2D eigenvalue weighted by Crippen LogP contribution is -2.30. The number of hydrogen-bond donors (Lipinski definition) is 0. The van der Waals surface area contributed by atoms with Gasteiger partial charge in [0.1, 0.15) is 16.7 Å². The van der Waals surface area contributed by atoms with Gasteiger partial charge in [0.15, 0.2) is 0 Å². The summed E-state index contributed by atoms with van der Waals surface area (Å²) in [5, 5.41) is 1.08. The molecule has 1 saturated heterocycles. The van der Waals surface area contributed by atoms with Gasteiger partial charge in [-0.2, -0.15) is 0 Å². The molecule has 4 nitrogen and oxygen atoms in total. The van der Waals surface area contributed by atoms with Crippen LogP contribution in [0.5, 0.6) is 5.75 Å². The van der Waals surface area contributed by atoms with Gasteiger partial charge >= 0.3 is 0 Å². The van der Waals surface area contributed by atoms with Crippen molar-refractivity contribution in [1.82, 2.24) is 9.47 Å². The van der Waals surface area contributed by atoms with Crippen LogP contribution in [0, 0.1) is 13.8 Å². The molecule has 1 amide bonds. The Labute approximate surface area is 235 Å². The van der Waals surface area contributed by atoms with Gasteiger partial charge in [-0.15, -0.1) is 0 Å². The maximum atomic E-state index is 13.2. The molecule has 1 fully saturated rings. The highest BCUT2D eigenvalue weighted by Crippen LogP contribution is 2.35. The summed E-state index contributed by atoms with van der Waals surface area (Å²) in [5.74, 6) is 0.849. The minimum Gasteiger partial charge on any atom is -0.492 e. The zero-order valence-corrected chi connectivity index (χ0v) is 24.0. The zero-order valence-electron chi connectivity index (χ0n) is 20.7. The van der Waals surface area contributed by atoms with E-state index in [1.807, 2.05) is 36.4 Å². The number of nitrogens with zero attached hydrogens (tertiary/aromatic N) is 2. The molecule has 37 heavy (non-hydrogen) atoms. The molecule has 0 radical (unpaired) electrons. The van der Waals surface area contributed by atoms with Gasteiger partial charge in [-0.25, -0.2) is 0 Å². The van der Waals surface area contributed by atoms with E-state index in [1.54, 1.807) is 4.90 Å². The van der Waals surface area contributed by atoms with E-state index in [0.29, 0.717) is 28.9 Å². The van der Waals surface area contributed by atoms with Crippen LogP contribution < -0.4 is 4.74 Å². The van der Waals surface area contributed by atoms with E-state index in [9.17, 15) is 4.79 Å². The molecule has 1 aliphatic rings. The van der Waals surface area contributed by atoms with Gasteiger partial charge < -0.3 is 9.30 Å². The number of amides is 1. The van der Waals surface area contributed by atoms with Crippen molar-refractivity contribution >= 4 is 67.1 Å². The van der Waals surface area contributed by atoms with Crippen molar-refractivity contribution in [1.29, 1.82) is 0 Å². The molecule has 0 saturated carbocycles. The van der Waals surface area contributed by atoms with E-state index in [4.69, 9.17) is 17.0 Å². The van der Waals surface area contributed by atoms with Crippen LogP contribution in [-0.2, 0) is 17.8 Å². The number of carbonyl (C=O) groups is 1. The summed E-state index contributed by atoms with van der Waals surface area (Å²) in [6, 6.07) is 22.6. The van der Waals surface area contributed by atoms with Crippen LogP contribution in [0.3, 0.4) is 0 Å². The molecule has 1 aromatic heterocycles. The van der Waals surface area contributed by atoms with E-state index < -0.39 is 0 Å². The van der Waals surface area contributed by atoms with E-state index in [0.717, 1.165) is 33.1 Å². The molecular formula is C30H27BrN2O2S2. The highest BCUT2D eigenvalue weighted by Gasteiger charge is 2.31. The maximum absolute atomic E-state index is 13.2. The molecule has 188 valence electrons. The number of fused-ring (bicyclic) bond motifs is 1. The van der Waals surface area contributed by atoms with Gasteiger partial charge in [0.25, 0.3) is 5.91 Å². The van der Waals surface area contributed by atoms with Gasteiger partial charge in [-0.05, 0) is 73.4 Å². The predicted octanol–water partition coefficient (Wildman–Crippen LogP) is 7.54. The van der Waals surface area contributed by atoms with E-state index in [1.165, 1.54) is 28.5 Å². The second-order valence-electron chi connectivity index (χ2n) is 9.10. The zero-order chi connectivity index (χ0) is 25.9. The van der Waals surface area contributed by atoms with Crippen LogP contribution >= 0.6 is 39.9 Å². The van der Waals surface area contributed by atoms with E-state index >= 15 is 0 Å². The fourth-order valence-electron chi connectivity index (χ4n) is 4.38. The summed E-state index contributed by atoms with van der Waals surface area (Å²) >= 11 is 10.5. The second kappa shape index (κ2) is 11.3. The van der Waals surface area contributed by atoms with Gasteiger partial charge in [0, 0.05) is 33.7 Å². The average molecular weight is 592 g/mol. The van der Waals surface area contributed by atoms with Crippen molar-refractivity contribution in [3.63, 3.8) is 0 Å². The summed E-state index contributed by atoms with van der Waals surface area (Å²) in [5.41, 5.74) is 5.75. The molecular weight excluding hydrogens is 564 g/mol. The van der Waals surface area contributed by atoms with Crippen molar-refractivity contribution in [3.8, 4) is 5.75 Å². The minimum absolute atomic E-state index is 0.0279. The molecule has 0 atom stereocenters. The monoisotopic (exact) mass is 590 g/mol. The highest BCUT2D eigenvalue weighted by molar-refractivity contribution is 9.10. The lowest BCUT2D eigenvalue weighted by atomic mass is 10.1. The fraction of sp³-hybridized carbons (Fsp3) is 0.200. The third-order valence-electron chi connectivity index (χ3n) is 6.58. The third-order valence-corrected chi connectivity index (χ3v) is 8.45. The largest absolute Gasteiger partial charge is 0.492 e. The first kappa shape index (κ1) is 25.8. The Morgan fingerprint density at radius 3 is 2.59 bits per heavy atom. The molecule has 5 rings (SSSR count). The van der Waals surface area contributed by atoms with Crippen molar-refractivity contribution < 1.29 is 9.53 Å². The molecule has 0 spiro atoms. The first-order chi connectivity index (χ1) is 17.9. The van der Waals surface area contributed by atoms with Gasteiger partial charge in [-0.3, -0.25) is 9.69 Å². The van der Waals surface area contributed by atoms with Gasteiger partial charge in [-0.1, -0.05) is 76.3 Å². The molecule has 0 aliphatic carbocycles. The number of thiocarbonyl (C=S) groups is 1. The molecule has 7 heteroatoms. The van der Waals surface area contributed by atoms with Crippen molar-refractivity contribution in [2.75, 3.05) is 13.2 Å². The highest BCUT2D eigenvalue weighted by atomic mass is 79.9. The topological polar surface area (TPSA) is 34.5 Å². The smallest absolute Gasteiger partial charge is 0.266 e. The van der Waals surface area contributed by atoms with Crippen LogP contribution in [0.4, 0.5) is 0 Å². The fourth-order valence-corrected chi connectivity index (χ4v) is 6.04. The number of aromatic nitrogens is 1. The summed E-state index contributed by atoms with van der Waals surface area (Å²) < 4.78 is 9.83. The lowest BCUT2D eigenvalue weighted by molar-refractivity contribution is -0.122. The standard InChI is InChI=1S/C30H27BrN2O2S2/c1-20-8-10-25(16-21(20)2)35-15-14-32-19-23(26-18-24(31)9-11-27(26)32)17-28-29(34)33(30(36)37-28)13-12-22-6-4-3-5-7-22/h3-11,16-19H,12-15H2,1-2H3/b28-17-. The minimum atomic E-state index is -0.0279. The Morgan fingerprint density at radius 2 is 1.81 bits per heavy atom. The summed E-state index contributed by atoms with van der Waals surface area (Å²) in [6.45, 7) is 6.01. The number of thioether (sulfide) groups is 1. The van der Waals surface area contributed by atoms with E-state index in [2.05, 4.69) is 76.9 Å². The van der Waals surface area contributed by atoms with Gasteiger partial charge in [0.2, 0.25) is 0 Å². The molecule has 0 unspecified atom stereocenters. The van der Waals surface area contributed by atoms with Crippen LogP contribution in [-0.4, -0.2) is 32.8 Å². The Balaban J connectivity index is 1.34. The average Bonchev–Trinajstić information content (AvgIpc) is 3.36. The lowest BCUT2D eigenvalue weighted by Gasteiger charge is -2.14. The van der Waals surface area contributed by atoms with Crippen LogP contribution in [0.15, 0.2) is 82.3 Å². The SMILES string of the molecule is Cc1ccc(OCCn2cc(/C=C3\SC(=S)N(CCc4ccccc4)C3=O)c3cc(Br)ccc32)cc1C. The number of aryl methyl sites for hydroxylation is 2. The van der Waals surface area contributed by atoms with Crippen molar-refractivity contribution in [2.24, 2.45) is 0 Å². The molecule has 2 heterocycles. The number of rotatable bonds is 8. The molecule has 0 bridgehead atoms. The Morgan fingerprint density at radius 1 is 1.00 bits per heavy atom. The Bertz CT molecular complexity index is 1510. The normalized spacial score (nSPS) is 14.8. The quantitative estimate of drug-likeness (QED) is 0.157. The van der Waals surface area contributed by atoms with Crippen LogP contribution in [0.2, 0.25) is 0 Å². The first-order valence-corrected chi connectivity index (χ1v) is 14.2. The third kappa shape index (κ3) is 5.84. The first-order valence-electron chi connectivity index (χ1n) is 12.2. The summed E-state index contributed by atoms with van der Waals surface area (Å²) in [7, 11) is 0. The number of benzene rings is 3. The molecule has 0 N–H and O–H groups in total. The Hall–Kier alpha value is -2.87. The van der Waals surface area contributed by atoms with E-state index in [-0.39, 0.29) is 5.91 Å². The molecule has 3 aromatic carbocycles. The van der Waals surface area contributed by atoms with Gasteiger partial charge in [0.05, 0.1) is 11.4 Å². The molecule has 4 aromatic rings. The Kier molecular flexibility index (Phi) is 7.84. The summed E-state index contributed by atoms with van der Waals surface area (Å²) in [6.07, 6.45) is 4.84. The van der Waals surface area contributed by atoms with Crippen LogP contribution in [0.25, 0.3) is 17.0 Å². The summed E-state index contributed by atoms with van der Waals surface area (Å²) in [4.78, 5) is 15.6.